The number of benzene rings is 1. The molecule has 0 saturated heterocycles. The highest BCUT2D eigenvalue weighted by molar-refractivity contribution is 7.51. The number of rotatable bonds is 8. The third-order valence-corrected chi connectivity index (χ3v) is 4.23. The van der Waals surface area contributed by atoms with Crippen LogP contribution >= 0.6 is 7.60 Å². The maximum Gasteiger partial charge on any atom is 0.325 e. The first-order valence-corrected chi connectivity index (χ1v) is 8.61. The van der Waals surface area contributed by atoms with Gasteiger partial charge in [-0.15, -0.1) is 0 Å². The number of hydrogen-bond donors (Lipinski definition) is 3. The highest BCUT2D eigenvalue weighted by Gasteiger charge is 2.24. The van der Waals surface area contributed by atoms with Crippen LogP contribution in [0, 0.1) is 5.92 Å². The van der Waals surface area contributed by atoms with Gasteiger partial charge in [0.15, 0.2) is 0 Å². The van der Waals surface area contributed by atoms with Gasteiger partial charge in [0.1, 0.15) is 0 Å². The Morgan fingerprint density at radius 2 is 1.90 bits per heavy atom. The molecule has 0 bridgehead atoms. The summed E-state index contributed by atoms with van der Waals surface area (Å²) in [5.41, 5.74) is 1.15. The molecule has 7 heteroatoms. The molecule has 0 heterocycles. The second-order valence-electron chi connectivity index (χ2n) is 5.21. The van der Waals surface area contributed by atoms with Crippen molar-refractivity contribution in [3.05, 3.63) is 35.9 Å². The van der Waals surface area contributed by atoms with E-state index >= 15 is 0 Å². The molecular weight excluding hydrogens is 293 g/mol. The van der Waals surface area contributed by atoms with Crippen molar-refractivity contribution in [1.29, 1.82) is 0 Å². The van der Waals surface area contributed by atoms with E-state index in [1.807, 2.05) is 30.3 Å². The van der Waals surface area contributed by atoms with Crippen LogP contribution in [0.4, 0.5) is 0 Å². The first-order valence-electron chi connectivity index (χ1n) is 6.82. The molecule has 0 radical (unpaired) electrons. The smallest absolute Gasteiger partial charge is 0.324 e. The van der Waals surface area contributed by atoms with Crippen LogP contribution in [-0.2, 0) is 15.8 Å². The number of carbonyl (C=O) groups excluding carboxylic acids is 1. The van der Waals surface area contributed by atoms with E-state index in [9.17, 15) is 9.36 Å². The van der Waals surface area contributed by atoms with Crippen LogP contribution in [0.2, 0.25) is 0 Å². The van der Waals surface area contributed by atoms with Crippen molar-refractivity contribution < 1.29 is 24.4 Å². The molecule has 0 aliphatic heterocycles. The summed E-state index contributed by atoms with van der Waals surface area (Å²) in [7, 11) is -2.96. The minimum atomic E-state index is -4.17. The Morgan fingerprint density at radius 1 is 1.29 bits per heavy atom. The Kier molecular flexibility index (Phi) is 7.05. The Bertz CT molecular complexity index is 485. The summed E-state index contributed by atoms with van der Waals surface area (Å²) in [5, 5.41) is 9.52. The number of amides is 1. The Morgan fingerprint density at radius 3 is 2.43 bits per heavy atom. The standard InChI is InChI=1S/C14H22NO5P/c1-15(17)14(16)10-13(11-21(18,19)20)9-5-8-12-6-3-2-4-7-12/h2-4,6-7,13,17H,5,8-11H2,1H3,(H2,18,19,20)/t13-/m1/s1. The summed E-state index contributed by atoms with van der Waals surface area (Å²) in [5.74, 6) is -0.968. The summed E-state index contributed by atoms with van der Waals surface area (Å²) in [6.07, 6.45) is 1.66. The van der Waals surface area contributed by atoms with Gasteiger partial charge < -0.3 is 9.79 Å². The van der Waals surface area contributed by atoms with Crippen LogP contribution in [0.15, 0.2) is 30.3 Å². The second-order valence-corrected chi connectivity index (χ2v) is 6.91. The lowest BCUT2D eigenvalue weighted by Crippen LogP contribution is -2.26. The van der Waals surface area contributed by atoms with Gasteiger partial charge in [0.05, 0.1) is 6.16 Å². The second kappa shape index (κ2) is 8.29. The molecule has 6 nitrogen and oxygen atoms in total. The van der Waals surface area contributed by atoms with E-state index < -0.39 is 19.4 Å². The number of carbonyl (C=O) groups is 1. The average Bonchev–Trinajstić information content (AvgIpc) is 2.37. The largest absolute Gasteiger partial charge is 0.325 e. The Hall–Kier alpha value is -1.20. The van der Waals surface area contributed by atoms with Crippen LogP contribution in [0.5, 0.6) is 0 Å². The topological polar surface area (TPSA) is 98.1 Å². The minimum Gasteiger partial charge on any atom is -0.324 e. The van der Waals surface area contributed by atoms with Crippen molar-refractivity contribution in [3.63, 3.8) is 0 Å². The fraction of sp³-hybridized carbons (Fsp3) is 0.500. The predicted molar refractivity (Wildman–Crippen MR) is 79.0 cm³/mol. The van der Waals surface area contributed by atoms with Gasteiger partial charge in [-0.05, 0) is 30.7 Å². The average molecular weight is 315 g/mol. The SMILES string of the molecule is CN(O)C(=O)C[C@@H](CCCc1ccccc1)CP(=O)(O)O. The van der Waals surface area contributed by atoms with Gasteiger partial charge in [0.25, 0.3) is 0 Å². The van der Waals surface area contributed by atoms with E-state index in [4.69, 9.17) is 15.0 Å². The maximum atomic E-state index is 11.5. The molecule has 0 saturated carbocycles. The normalized spacial score (nSPS) is 13.0. The molecule has 1 atom stereocenters. The number of nitrogens with zero attached hydrogens (tertiary/aromatic N) is 1. The molecule has 0 unspecified atom stereocenters. The van der Waals surface area contributed by atoms with Crippen LogP contribution in [0.1, 0.15) is 24.8 Å². The van der Waals surface area contributed by atoms with Gasteiger partial charge in [0, 0.05) is 13.5 Å². The zero-order chi connectivity index (χ0) is 15.9. The fourth-order valence-corrected chi connectivity index (χ4v) is 3.20. The molecule has 1 amide bonds. The van der Waals surface area contributed by atoms with Crippen LogP contribution < -0.4 is 0 Å². The lowest BCUT2D eigenvalue weighted by Gasteiger charge is -2.18. The molecule has 0 aromatic heterocycles. The molecule has 0 spiro atoms. The third-order valence-electron chi connectivity index (χ3n) is 3.24. The van der Waals surface area contributed by atoms with E-state index in [1.54, 1.807) is 0 Å². The molecular formula is C14H22NO5P. The highest BCUT2D eigenvalue weighted by atomic mass is 31.2. The van der Waals surface area contributed by atoms with E-state index in [0.29, 0.717) is 11.5 Å². The van der Waals surface area contributed by atoms with Gasteiger partial charge in [-0.3, -0.25) is 14.6 Å². The molecule has 1 aromatic rings. The molecule has 3 N–H and O–H groups in total. The van der Waals surface area contributed by atoms with Crippen LogP contribution in [0.25, 0.3) is 0 Å². The summed E-state index contributed by atoms with van der Waals surface area (Å²) in [6, 6.07) is 9.78. The molecule has 0 fully saturated rings. The minimum absolute atomic E-state index is 0.0626. The summed E-state index contributed by atoms with van der Waals surface area (Å²) in [4.78, 5) is 29.7. The van der Waals surface area contributed by atoms with Crippen LogP contribution in [-0.4, -0.2) is 39.2 Å². The lowest BCUT2D eigenvalue weighted by atomic mass is 9.98. The first-order chi connectivity index (χ1) is 9.78. The predicted octanol–water partition coefficient (Wildman–Crippen LogP) is 2.04. The summed E-state index contributed by atoms with van der Waals surface area (Å²) in [6.45, 7) is 0. The van der Waals surface area contributed by atoms with Crippen molar-refractivity contribution >= 4 is 13.5 Å². The molecule has 118 valence electrons. The van der Waals surface area contributed by atoms with Gasteiger partial charge in [-0.25, -0.2) is 5.06 Å². The molecule has 0 aliphatic rings. The molecule has 0 aliphatic carbocycles. The van der Waals surface area contributed by atoms with Crippen molar-refractivity contribution in [2.45, 2.75) is 25.7 Å². The van der Waals surface area contributed by atoms with Gasteiger partial charge in [-0.1, -0.05) is 30.3 Å². The molecule has 21 heavy (non-hydrogen) atoms. The quantitative estimate of drug-likeness (QED) is 0.387. The monoisotopic (exact) mass is 315 g/mol. The Balaban J connectivity index is 2.52. The maximum absolute atomic E-state index is 11.5. The number of aryl methyl sites for hydroxylation is 1. The number of hydrogen-bond acceptors (Lipinski definition) is 3. The van der Waals surface area contributed by atoms with Crippen molar-refractivity contribution in [3.8, 4) is 0 Å². The fourth-order valence-electron chi connectivity index (χ4n) is 2.21. The summed E-state index contributed by atoms with van der Waals surface area (Å²) >= 11 is 0. The first kappa shape index (κ1) is 17.9. The van der Waals surface area contributed by atoms with Gasteiger partial charge >= 0.3 is 7.60 Å². The van der Waals surface area contributed by atoms with E-state index in [1.165, 1.54) is 7.05 Å². The Labute approximate surface area is 124 Å². The van der Waals surface area contributed by atoms with Gasteiger partial charge in [0.2, 0.25) is 5.91 Å². The van der Waals surface area contributed by atoms with E-state index in [-0.39, 0.29) is 12.6 Å². The molecule has 1 aromatic carbocycles. The highest BCUT2D eigenvalue weighted by Crippen LogP contribution is 2.39. The van der Waals surface area contributed by atoms with Crippen molar-refractivity contribution in [2.75, 3.05) is 13.2 Å². The third kappa shape index (κ3) is 7.97. The van der Waals surface area contributed by atoms with Crippen molar-refractivity contribution in [1.82, 2.24) is 5.06 Å². The van der Waals surface area contributed by atoms with E-state index in [0.717, 1.165) is 18.4 Å². The molecule has 1 rings (SSSR count). The van der Waals surface area contributed by atoms with E-state index in [2.05, 4.69) is 0 Å². The van der Waals surface area contributed by atoms with Gasteiger partial charge in [-0.2, -0.15) is 0 Å². The van der Waals surface area contributed by atoms with Crippen molar-refractivity contribution in [2.24, 2.45) is 5.92 Å². The zero-order valence-corrected chi connectivity index (χ0v) is 12.9. The summed E-state index contributed by atoms with van der Waals surface area (Å²) < 4.78 is 11.1. The lowest BCUT2D eigenvalue weighted by molar-refractivity contribution is -0.160. The number of hydroxylamine groups is 2. The zero-order valence-electron chi connectivity index (χ0n) is 12.1. The van der Waals surface area contributed by atoms with Crippen LogP contribution in [0.3, 0.4) is 0 Å².